The average Bonchev–Trinajstić information content (AvgIpc) is 1.86. The molecule has 0 aromatic heterocycles. The van der Waals surface area contributed by atoms with E-state index in [4.69, 9.17) is 5.84 Å². The summed E-state index contributed by atoms with van der Waals surface area (Å²) < 4.78 is 21.9. The molecule has 66 valence electrons. The van der Waals surface area contributed by atoms with Gasteiger partial charge in [-0.1, -0.05) is 0 Å². The Hall–Kier alpha value is -0.130. The summed E-state index contributed by atoms with van der Waals surface area (Å²) in [5, 5.41) is 1.61. The monoisotopic (exact) mass is 178 g/mol. The summed E-state index contributed by atoms with van der Waals surface area (Å²) in [6, 6.07) is 0.249. The highest BCUT2D eigenvalue weighted by Crippen LogP contribution is 2.14. The van der Waals surface area contributed by atoms with Crippen molar-refractivity contribution in [2.45, 2.75) is 18.9 Å². The minimum absolute atomic E-state index is 0.249. The number of sulfone groups is 1. The molecule has 1 heterocycles. The molecule has 0 aromatic carbocycles. The van der Waals surface area contributed by atoms with Crippen molar-refractivity contribution >= 4 is 9.84 Å². The molecule has 0 saturated carbocycles. The van der Waals surface area contributed by atoms with Crippen LogP contribution in [0.1, 0.15) is 12.8 Å². The second kappa shape index (κ2) is 3.08. The van der Waals surface area contributed by atoms with Gasteiger partial charge in [0.15, 0.2) is 0 Å². The molecule has 0 unspecified atom stereocenters. The summed E-state index contributed by atoms with van der Waals surface area (Å²) in [5.41, 5.74) is 0. The molecule has 0 aromatic rings. The first-order valence-corrected chi connectivity index (χ1v) is 5.51. The summed E-state index contributed by atoms with van der Waals surface area (Å²) in [6.45, 7) is 0. The molecule has 0 amide bonds. The third kappa shape index (κ3) is 2.43. The summed E-state index contributed by atoms with van der Waals surface area (Å²) in [6.07, 6.45) is 1.35. The summed E-state index contributed by atoms with van der Waals surface area (Å²) in [5.74, 6) is 6.08. The Bertz CT molecular complexity index is 209. The van der Waals surface area contributed by atoms with E-state index in [-0.39, 0.29) is 6.04 Å². The molecule has 5 heteroatoms. The van der Waals surface area contributed by atoms with Gasteiger partial charge >= 0.3 is 0 Å². The van der Waals surface area contributed by atoms with Crippen LogP contribution >= 0.6 is 0 Å². The third-order valence-electron chi connectivity index (χ3n) is 2.10. The van der Waals surface area contributed by atoms with Crippen molar-refractivity contribution in [2.75, 3.05) is 18.6 Å². The van der Waals surface area contributed by atoms with E-state index in [0.717, 1.165) is 0 Å². The third-order valence-corrected chi connectivity index (χ3v) is 3.82. The quantitative estimate of drug-likeness (QED) is 0.429. The maximum absolute atomic E-state index is 11.0. The van der Waals surface area contributed by atoms with Crippen LogP contribution in [0.5, 0.6) is 0 Å². The van der Waals surface area contributed by atoms with Crippen LogP contribution in [0, 0.1) is 0 Å². The zero-order chi connectivity index (χ0) is 8.48. The van der Waals surface area contributed by atoms with Crippen molar-refractivity contribution in [3.8, 4) is 0 Å². The van der Waals surface area contributed by atoms with E-state index in [2.05, 4.69) is 0 Å². The SMILES string of the molecule is CN(N)C1CCS(=O)(=O)CC1. The maximum atomic E-state index is 11.0. The van der Waals surface area contributed by atoms with E-state index in [9.17, 15) is 8.42 Å². The van der Waals surface area contributed by atoms with Gasteiger partial charge in [-0.2, -0.15) is 0 Å². The lowest BCUT2D eigenvalue weighted by atomic mass is 10.1. The number of hydrazine groups is 1. The van der Waals surface area contributed by atoms with E-state index < -0.39 is 9.84 Å². The summed E-state index contributed by atoms with van der Waals surface area (Å²) in [7, 11) is -0.951. The Kier molecular flexibility index (Phi) is 2.51. The van der Waals surface area contributed by atoms with Crippen LogP contribution in [0.4, 0.5) is 0 Å². The predicted octanol–water partition coefficient (Wildman–Crippen LogP) is -0.631. The van der Waals surface area contributed by atoms with Gasteiger partial charge in [0.2, 0.25) is 0 Å². The highest BCUT2D eigenvalue weighted by Gasteiger charge is 2.24. The van der Waals surface area contributed by atoms with Crippen molar-refractivity contribution in [1.29, 1.82) is 0 Å². The van der Waals surface area contributed by atoms with Crippen LogP contribution in [0.25, 0.3) is 0 Å². The first-order chi connectivity index (χ1) is 5.01. The maximum Gasteiger partial charge on any atom is 0.150 e. The van der Waals surface area contributed by atoms with Gasteiger partial charge in [0, 0.05) is 13.1 Å². The fourth-order valence-corrected chi connectivity index (χ4v) is 2.75. The van der Waals surface area contributed by atoms with Gasteiger partial charge in [-0.25, -0.2) is 13.4 Å². The normalized spacial score (nSPS) is 25.7. The lowest BCUT2D eigenvalue weighted by Crippen LogP contribution is -2.42. The van der Waals surface area contributed by atoms with E-state index in [1.54, 1.807) is 12.1 Å². The Morgan fingerprint density at radius 3 is 2.18 bits per heavy atom. The second-order valence-corrected chi connectivity index (χ2v) is 5.35. The molecule has 1 aliphatic rings. The van der Waals surface area contributed by atoms with E-state index >= 15 is 0 Å². The standard InChI is InChI=1S/C6H14N2O2S/c1-8(7)6-2-4-11(9,10)5-3-6/h6H,2-5,7H2,1H3. The fraction of sp³-hybridized carbons (Fsp3) is 1.00. The number of nitrogens with two attached hydrogens (primary N) is 1. The Labute approximate surface area is 67.3 Å². The number of nitrogens with zero attached hydrogens (tertiary/aromatic N) is 1. The van der Waals surface area contributed by atoms with Crippen molar-refractivity contribution in [2.24, 2.45) is 5.84 Å². The van der Waals surface area contributed by atoms with Crippen LogP contribution in [-0.2, 0) is 9.84 Å². The number of rotatable bonds is 1. The molecule has 1 saturated heterocycles. The van der Waals surface area contributed by atoms with Crippen molar-refractivity contribution in [3.63, 3.8) is 0 Å². The largest absolute Gasteiger partial charge is 0.269 e. The molecule has 2 N–H and O–H groups in total. The van der Waals surface area contributed by atoms with E-state index in [0.29, 0.717) is 24.3 Å². The van der Waals surface area contributed by atoms with Crippen LogP contribution in [0.15, 0.2) is 0 Å². The molecule has 1 aliphatic heterocycles. The van der Waals surface area contributed by atoms with Crippen LogP contribution in [0.3, 0.4) is 0 Å². The zero-order valence-electron chi connectivity index (χ0n) is 6.66. The van der Waals surface area contributed by atoms with Gasteiger partial charge in [-0.3, -0.25) is 5.84 Å². The van der Waals surface area contributed by atoms with Crippen molar-refractivity contribution in [1.82, 2.24) is 5.01 Å². The molecule has 11 heavy (non-hydrogen) atoms. The molecule has 4 nitrogen and oxygen atoms in total. The first-order valence-electron chi connectivity index (χ1n) is 3.69. The molecule has 0 atom stereocenters. The van der Waals surface area contributed by atoms with Gasteiger partial charge in [0.25, 0.3) is 0 Å². The van der Waals surface area contributed by atoms with Gasteiger partial charge in [0.05, 0.1) is 11.5 Å². The predicted molar refractivity (Wildman–Crippen MR) is 43.6 cm³/mol. The van der Waals surface area contributed by atoms with Gasteiger partial charge in [-0.15, -0.1) is 0 Å². The van der Waals surface area contributed by atoms with E-state index in [1.165, 1.54) is 0 Å². The molecule has 0 bridgehead atoms. The Balaban J connectivity index is 2.49. The average molecular weight is 178 g/mol. The van der Waals surface area contributed by atoms with Crippen LogP contribution in [-0.4, -0.2) is 38.0 Å². The number of hydrogen-bond acceptors (Lipinski definition) is 4. The summed E-state index contributed by atoms with van der Waals surface area (Å²) >= 11 is 0. The highest BCUT2D eigenvalue weighted by molar-refractivity contribution is 7.91. The topological polar surface area (TPSA) is 63.4 Å². The number of hydrogen-bond donors (Lipinski definition) is 1. The van der Waals surface area contributed by atoms with Crippen molar-refractivity contribution in [3.05, 3.63) is 0 Å². The lowest BCUT2D eigenvalue weighted by molar-refractivity contribution is 0.232. The fourth-order valence-electron chi connectivity index (χ4n) is 1.28. The van der Waals surface area contributed by atoms with Crippen LogP contribution < -0.4 is 5.84 Å². The Morgan fingerprint density at radius 2 is 1.82 bits per heavy atom. The molecule has 1 fully saturated rings. The second-order valence-electron chi connectivity index (χ2n) is 3.05. The first kappa shape index (κ1) is 8.96. The smallest absolute Gasteiger partial charge is 0.150 e. The minimum Gasteiger partial charge on any atom is -0.269 e. The zero-order valence-corrected chi connectivity index (χ0v) is 7.47. The molecular formula is C6H14N2O2S. The summed E-state index contributed by atoms with van der Waals surface area (Å²) in [4.78, 5) is 0. The molecule has 0 aliphatic carbocycles. The highest BCUT2D eigenvalue weighted by atomic mass is 32.2. The Morgan fingerprint density at radius 1 is 1.36 bits per heavy atom. The molecule has 0 radical (unpaired) electrons. The molecule has 0 spiro atoms. The van der Waals surface area contributed by atoms with Gasteiger partial charge in [0.1, 0.15) is 9.84 Å². The van der Waals surface area contributed by atoms with Gasteiger partial charge < -0.3 is 0 Å². The minimum atomic E-state index is -2.73. The molecule has 1 rings (SSSR count). The van der Waals surface area contributed by atoms with E-state index in [1.807, 2.05) is 0 Å². The van der Waals surface area contributed by atoms with Crippen LogP contribution in [0.2, 0.25) is 0 Å². The molecular weight excluding hydrogens is 164 g/mol. The lowest BCUT2D eigenvalue weighted by Gasteiger charge is -2.27. The van der Waals surface area contributed by atoms with Gasteiger partial charge in [-0.05, 0) is 12.8 Å². The van der Waals surface area contributed by atoms with Crippen molar-refractivity contribution < 1.29 is 8.42 Å².